The van der Waals surface area contributed by atoms with Crippen molar-refractivity contribution >= 4 is 5.91 Å². The molecule has 24 heavy (non-hydrogen) atoms. The number of nitrogens with two attached hydrogens (primary N) is 1. The van der Waals surface area contributed by atoms with Gasteiger partial charge in [-0.15, -0.1) is 0 Å². The summed E-state index contributed by atoms with van der Waals surface area (Å²) in [6.07, 6.45) is 3.72. The van der Waals surface area contributed by atoms with E-state index in [1.165, 1.54) is 18.3 Å². The fraction of sp³-hybridized carbons (Fsp3) is 0.333. The summed E-state index contributed by atoms with van der Waals surface area (Å²) in [5, 5.41) is 2.72. The average molecular weight is 331 g/mol. The van der Waals surface area contributed by atoms with E-state index in [1.807, 2.05) is 13.8 Å². The first kappa shape index (κ1) is 17.9. The quantitative estimate of drug-likeness (QED) is 0.817. The molecule has 1 amide bonds. The smallest absolute Gasteiger partial charge is 0.237 e. The number of hydrogen-bond acceptors (Lipinski definition) is 4. The Bertz CT molecular complexity index is 677. The molecule has 0 aliphatic carbocycles. The van der Waals surface area contributed by atoms with Gasteiger partial charge in [0.1, 0.15) is 5.75 Å². The first-order valence-corrected chi connectivity index (χ1v) is 7.85. The van der Waals surface area contributed by atoms with Crippen molar-refractivity contribution in [1.82, 2.24) is 10.3 Å². The van der Waals surface area contributed by atoms with Crippen LogP contribution in [0, 0.1) is 11.7 Å². The minimum Gasteiger partial charge on any atom is -0.453 e. The Morgan fingerprint density at radius 1 is 1.38 bits per heavy atom. The monoisotopic (exact) mass is 331 g/mol. The van der Waals surface area contributed by atoms with Gasteiger partial charge in [-0.05, 0) is 42.2 Å². The molecule has 1 atom stereocenters. The molecule has 1 aromatic heterocycles. The Hall–Kier alpha value is -2.47. The van der Waals surface area contributed by atoms with Gasteiger partial charge in [-0.3, -0.25) is 9.78 Å². The Kier molecular flexibility index (Phi) is 6.26. The fourth-order valence-electron chi connectivity index (χ4n) is 2.21. The summed E-state index contributed by atoms with van der Waals surface area (Å²) in [4.78, 5) is 15.8. The zero-order valence-corrected chi connectivity index (χ0v) is 13.8. The number of nitrogens with one attached hydrogen (secondary N) is 1. The number of amides is 1. The van der Waals surface area contributed by atoms with E-state index >= 15 is 0 Å². The van der Waals surface area contributed by atoms with Gasteiger partial charge < -0.3 is 15.8 Å². The van der Waals surface area contributed by atoms with Crippen LogP contribution in [0.5, 0.6) is 11.5 Å². The summed E-state index contributed by atoms with van der Waals surface area (Å²) >= 11 is 0. The molecular formula is C18H22FN3O2. The fourth-order valence-corrected chi connectivity index (χ4v) is 2.21. The lowest BCUT2D eigenvalue weighted by atomic mass is 10.0. The Morgan fingerprint density at radius 2 is 2.17 bits per heavy atom. The van der Waals surface area contributed by atoms with Crippen LogP contribution < -0.4 is 15.8 Å². The van der Waals surface area contributed by atoms with E-state index in [4.69, 9.17) is 10.5 Å². The highest BCUT2D eigenvalue weighted by molar-refractivity contribution is 5.81. The van der Waals surface area contributed by atoms with Gasteiger partial charge in [0.05, 0.1) is 12.2 Å². The zero-order valence-electron chi connectivity index (χ0n) is 13.8. The normalized spacial score (nSPS) is 12.0. The van der Waals surface area contributed by atoms with Gasteiger partial charge in [0, 0.05) is 12.7 Å². The molecule has 2 aromatic rings. The lowest BCUT2D eigenvalue weighted by molar-refractivity contribution is -0.122. The lowest BCUT2D eigenvalue weighted by Gasteiger charge is -2.14. The lowest BCUT2D eigenvalue weighted by Crippen LogP contribution is -2.41. The van der Waals surface area contributed by atoms with Crippen LogP contribution in [0.25, 0.3) is 0 Å². The number of hydrogen-bond donors (Lipinski definition) is 2. The molecule has 0 fully saturated rings. The van der Waals surface area contributed by atoms with E-state index < -0.39 is 11.9 Å². The Morgan fingerprint density at radius 3 is 2.79 bits per heavy atom. The topological polar surface area (TPSA) is 77.2 Å². The molecule has 3 N–H and O–H groups in total. The van der Waals surface area contributed by atoms with Gasteiger partial charge >= 0.3 is 0 Å². The van der Waals surface area contributed by atoms with E-state index in [0.29, 0.717) is 23.7 Å². The molecule has 5 nitrogen and oxygen atoms in total. The van der Waals surface area contributed by atoms with Crippen LogP contribution in [-0.2, 0) is 11.3 Å². The summed E-state index contributed by atoms with van der Waals surface area (Å²) in [6.45, 7) is 4.22. The van der Waals surface area contributed by atoms with Crippen molar-refractivity contribution in [2.24, 2.45) is 11.7 Å². The first-order chi connectivity index (χ1) is 11.5. The third-order valence-electron chi connectivity index (χ3n) is 3.39. The summed E-state index contributed by atoms with van der Waals surface area (Å²) in [6, 6.07) is 7.40. The summed E-state index contributed by atoms with van der Waals surface area (Å²) < 4.78 is 19.5. The predicted octanol–water partition coefficient (Wildman–Crippen LogP) is 3.00. The number of ether oxygens (including phenoxy) is 1. The Balaban J connectivity index is 1.93. The first-order valence-electron chi connectivity index (χ1n) is 7.85. The van der Waals surface area contributed by atoms with Crippen molar-refractivity contribution in [3.63, 3.8) is 0 Å². The van der Waals surface area contributed by atoms with Crippen molar-refractivity contribution in [3.8, 4) is 11.5 Å². The molecule has 0 saturated carbocycles. The predicted molar refractivity (Wildman–Crippen MR) is 90.0 cm³/mol. The minimum absolute atomic E-state index is 0.106. The number of rotatable bonds is 7. The standard InChI is InChI=1S/C18H22FN3O2/c1-12(2)8-16(20)18(23)22-10-13-5-6-17(15(19)9-13)24-14-4-3-7-21-11-14/h3-7,9,11-12,16H,8,10,20H2,1-2H3,(H,22,23)/t16-/m0/s1. The van der Waals surface area contributed by atoms with Gasteiger partial charge in [0.2, 0.25) is 5.91 Å². The number of benzene rings is 1. The number of pyridine rings is 1. The van der Waals surface area contributed by atoms with Gasteiger partial charge in [-0.2, -0.15) is 0 Å². The number of carbonyl (C=O) groups excluding carboxylic acids is 1. The van der Waals surface area contributed by atoms with Crippen molar-refractivity contribution in [2.45, 2.75) is 32.9 Å². The molecule has 2 rings (SSSR count). The van der Waals surface area contributed by atoms with E-state index in [2.05, 4.69) is 10.3 Å². The molecule has 1 heterocycles. The highest BCUT2D eigenvalue weighted by atomic mass is 19.1. The van der Waals surface area contributed by atoms with Crippen molar-refractivity contribution in [2.75, 3.05) is 0 Å². The van der Waals surface area contributed by atoms with E-state index in [0.717, 1.165) is 0 Å². The van der Waals surface area contributed by atoms with Crippen LogP contribution in [0.15, 0.2) is 42.7 Å². The number of carbonyl (C=O) groups is 1. The van der Waals surface area contributed by atoms with E-state index in [1.54, 1.807) is 24.4 Å². The zero-order chi connectivity index (χ0) is 17.5. The van der Waals surface area contributed by atoms with Crippen LogP contribution in [0.2, 0.25) is 0 Å². The SMILES string of the molecule is CC(C)C[C@H](N)C(=O)NCc1ccc(Oc2cccnc2)c(F)c1. The van der Waals surface area contributed by atoms with Crippen molar-refractivity contribution in [1.29, 1.82) is 0 Å². The summed E-state index contributed by atoms with van der Waals surface area (Å²) in [5.74, 6) is 0.163. The molecule has 1 aromatic carbocycles. The second-order valence-electron chi connectivity index (χ2n) is 6.01. The number of nitrogens with zero attached hydrogens (tertiary/aromatic N) is 1. The van der Waals surface area contributed by atoms with E-state index in [-0.39, 0.29) is 18.2 Å². The van der Waals surface area contributed by atoms with Gasteiger partial charge in [-0.1, -0.05) is 19.9 Å². The molecule has 0 spiro atoms. The van der Waals surface area contributed by atoms with Gasteiger partial charge in [0.25, 0.3) is 0 Å². The summed E-state index contributed by atoms with van der Waals surface area (Å²) in [7, 11) is 0. The minimum atomic E-state index is -0.553. The van der Waals surface area contributed by atoms with Crippen LogP contribution in [0.3, 0.4) is 0 Å². The highest BCUT2D eigenvalue weighted by Gasteiger charge is 2.15. The number of halogens is 1. The average Bonchev–Trinajstić information content (AvgIpc) is 2.55. The molecule has 0 saturated heterocycles. The second-order valence-corrected chi connectivity index (χ2v) is 6.01. The largest absolute Gasteiger partial charge is 0.453 e. The van der Waals surface area contributed by atoms with Crippen LogP contribution >= 0.6 is 0 Å². The van der Waals surface area contributed by atoms with Crippen LogP contribution in [0.4, 0.5) is 4.39 Å². The molecule has 0 aliphatic heterocycles. The van der Waals surface area contributed by atoms with Crippen LogP contribution in [0.1, 0.15) is 25.8 Å². The van der Waals surface area contributed by atoms with Crippen molar-refractivity contribution < 1.29 is 13.9 Å². The maximum atomic E-state index is 14.1. The summed E-state index contributed by atoms with van der Waals surface area (Å²) in [5.41, 5.74) is 6.45. The van der Waals surface area contributed by atoms with Gasteiger partial charge in [-0.25, -0.2) is 4.39 Å². The maximum absolute atomic E-state index is 14.1. The molecule has 128 valence electrons. The van der Waals surface area contributed by atoms with E-state index in [9.17, 15) is 9.18 Å². The second kappa shape index (κ2) is 8.40. The number of aromatic nitrogens is 1. The molecular weight excluding hydrogens is 309 g/mol. The molecule has 6 heteroatoms. The third-order valence-corrected chi connectivity index (χ3v) is 3.39. The van der Waals surface area contributed by atoms with Gasteiger partial charge in [0.15, 0.2) is 11.6 Å². The van der Waals surface area contributed by atoms with Crippen LogP contribution in [-0.4, -0.2) is 16.9 Å². The molecule has 0 radical (unpaired) electrons. The molecule has 0 bridgehead atoms. The maximum Gasteiger partial charge on any atom is 0.237 e. The highest BCUT2D eigenvalue weighted by Crippen LogP contribution is 2.24. The Labute approximate surface area is 141 Å². The van der Waals surface area contributed by atoms with Crippen molar-refractivity contribution in [3.05, 3.63) is 54.1 Å². The third kappa shape index (κ3) is 5.31. The molecule has 0 aliphatic rings. The molecule has 0 unspecified atom stereocenters.